The van der Waals surface area contributed by atoms with Crippen LogP contribution >= 0.6 is 0 Å². The molecule has 0 saturated heterocycles. The van der Waals surface area contributed by atoms with Gasteiger partial charge in [-0.1, -0.05) is 62.3 Å². The second kappa shape index (κ2) is 6.37. The zero-order valence-corrected chi connectivity index (χ0v) is 16.7. The fraction of sp³-hybridized carbons (Fsp3) is 0.833. The Morgan fingerprint density at radius 1 is 0.500 bits per heavy atom. The molecule has 1 heterocycles. The average Bonchev–Trinajstić information content (AvgIpc) is 2.32. The first-order valence-electron chi connectivity index (χ1n) is 8.46. The van der Waals surface area contributed by atoms with Crippen molar-refractivity contribution in [2.45, 2.75) is 81.9 Å². The predicted molar refractivity (Wildman–Crippen MR) is 97.6 cm³/mol. The molecule has 0 aromatic carbocycles. The van der Waals surface area contributed by atoms with Gasteiger partial charge in [0.25, 0.3) is 0 Å². The first kappa shape index (κ1) is 20.5. The summed E-state index contributed by atoms with van der Waals surface area (Å²) in [6.45, 7) is 18.5. The molecule has 6 nitrogen and oxygen atoms in total. The van der Waals surface area contributed by atoms with E-state index >= 15 is 0 Å². The molecule has 0 saturated carbocycles. The molecular weight excluding hydrogens is 306 g/mol. The summed E-state index contributed by atoms with van der Waals surface area (Å²) in [5.41, 5.74) is -2.27. The molecule has 0 amide bonds. The molecule has 0 fully saturated rings. The molecule has 0 aliphatic heterocycles. The topological polar surface area (TPSA) is 66.0 Å². The fourth-order valence-corrected chi connectivity index (χ4v) is 2.51. The zero-order valence-electron chi connectivity index (χ0n) is 16.7. The Morgan fingerprint density at radius 3 is 0.792 bits per heavy atom. The molecule has 0 bridgehead atoms. The van der Waals surface area contributed by atoms with Crippen molar-refractivity contribution in [3.63, 3.8) is 0 Å². The van der Waals surface area contributed by atoms with Crippen LogP contribution in [0.25, 0.3) is 0 Å². The highest BCUT2D eigenvalue weighted by atomic mass is 16.2. The molecule has 138 valence electrons. The molecule has 0 N–H and O–H groups in total. The van der Waals surface area contributed by atoms with Crippen molar-refractivity contribution in [1.29, 1.82) is 0 Å². The monoisotopic (exact) mass is 339 g/mol. The molecule has 6 heteroatoms. The van der Waals surface area contributed by atoms with E-state index in [1.165, 1.54) is 13.7 Å². The summed E-state index contributed by atoms with van der Waals surface area (Å²) in [6, 6.07) is 0. The Balaban J connectivity index is 3.75. The van der Waals surface area contributed by atoms with Crippen LogP contribution in [-0.4, -0.2) is 13.7 Å². The van der Waals surface area contributed by atoms with E-state index in [4.69, 9.17) is 0 Å². The van der Waals surface area contributed by atoms with Crippen LogP contribution in [0.5, 0.6) is 0 Å². The van der Waals surface area contributed by atoms with E-state index in [2.05, 4.69) is 0 Å². The normalized spacial score (nSPS) is 13.4. The fourth-order valence-electron chi connectivity index (χ4n) is 2.51. The van der Waals surface area contributed by atoms with Crippen molar-refractivity contribution >= 4 is 0 Å². The first-order valence-corrected chi connectivity index (χ1v) is 8.46. The van der Waals surface area contributed by atoms with Gasteiger partial charge in [0.15, 0.2) is 0 Å². The van der Waals surface area contributed by atoms with E-state index < -0.39 is 17.1 Å². The highest BCUT2D eigenvalue weighted by Gasteiger charge is 2.24. The molecular formula is C18H33N3O3. The third kappa shape index (κ3) is 5.49. The molecule has 1 aromatic heterocycles. The first-order chi connectivity index (χ1) is 10.5. The largest absolute Gasteiger partial charge is 0.336 e. The average molecular weight is 339 g/mol. The van der Waals surface area contributed by atoms with Crippen LogP contribution in [0, 0.1) is 16.2 Å². The third-order valence-electron chi connectivity index (χ3n) is 3.28. The second-order valence-corrected chi connectivity index (χ2v) is 10.3. The Kier molecular flexibility index (Phi) is 5.43. The van der Waals surface area contributed by atoms with E-state index in [1.54, 1.807) is 0 Å². The summed E-state index contributed by atoms with van der Waals surface area (Å²) < 4.78 is 3.62. The van der Waals surface area contributed by atoms with E-state index in [1.807, 2.05) is 62.3 Å². The molecule has 1 aromatic rings. The summed E-state index contributed by atoms with van der Waals surface area (Å²) in [4.78, 5) is 38.4. The van der Waals surface area contributed by atoms with Gasteiger partial charge < -0.3 is 0 Å². The highest BCUT2D eigenvalue weighted by Crippen LogP contribution is 2.17. The minimum absolute atomic E-state index is 0.244. The summed E-state index contributed by atoms with van der Waals surface area (Å²) >= 11 is 0. The lowest BCUT2D eigenvalue weighted by atomic mass is 9.96. The number of rotatable bonds is 3. The van der Waals surface area contributed by atoms with Gasteiger partial charge >= 0.3 is 17.1 Å². The van der Waals surface area contributed by atoms with Gasteiger partial charge in [-0.2, -0.15) is 0 Å². The van der Waals surface area contributed by atoms with Gasteiger partial charge in [0, 0.05) is 19.6 Å². The van der Waals surface area contributed by atoms with Crippen molar-refractivity contribution in [2.75, 3.05) is 0 Å². The summed E-state index contributed by atoms with van der Waals surface area (Å²) in [5, 5.41) is 0. The molecule has 0 unspecified atom stereocenters. The predicted octanol–water partition coefficient (Wildman–Crippen LogP) is 2.31. The van der Waals surface area contributed by atoms with Gasteiger partial charge in [0.1, 0.15) is 0 Å². The minimum atomic E-state index is -0.514. The Hall–Kier alpha value is -1.59. The molecule has 1 rings (SSSR count). The van der Waals surface area contributed by atoms with E-state index in [-0.39, 0.29) is 35.9 Å². The highest BCUT2D eigenvalue weighted by molar-refractivity contribution is 4.84. The van der Waals surface area contributed by atoms with Crippen molar-refractivity contribution in [3.8, 4) is 0 Å². The van der Waals surface area contributed by atoms with Crippen LogP contribution < -0.4 is 17.1 Å². The van der Waals surface area contributed by atoms with Crippen LogP contribution in [0.15, 0.2) is 14.4 Å². The lowest BCUT2D eigenvalue weighted by molar-refractivity contribution is 0.258. The maximum atomic E-state index is 12.8. The third-order valence-corrected chi connectivity index (χ3v) is 3.28. The van der Waals surface area contributed by atoms with E-state index in [9.17, 15) is 14.4 Å². The molecule has 0 aliphatic rings. The number of hydrogen-bond acceptors (Lipinski definition) is 3. The SMILES string of the molecule is CC(C)(C)Cn1c(=O)n(CC(C)(C)C)c(=O)n(CC(C)(C)C)c1=O. The van der Waals surface area contributed by atoms with Crippen LogP contribution in [0.4, 0.5) is 0 Å². The van der Waals surface area contributed by atoms with Crippen molar-refractivity contribution < 1.29 is 0 Å². The second-order valence-electron chi connectivity index (χ2n) is 10.3. The smallest absolute Gasteiger partial charge is 0.247 e. The Labute approximate surface area is 144 Å². The van der Waals surface area contributed by atoms with Crippen molar-refractivity contribution in [3.05, 3.63) is 31.5 Å². The maximum Gasteiger partial charge on any atom is 0.336 e. The molecule has 0 aliphatic carbocycles. The summed E-state index contributed by atoms with van der Waals surface area (Å²) in [6.07, 6.45) is 0. The quantitative estimate of drug-likeness (QED) is 0.849. The Bertz CT molecular complexity index is 625. The summed E-state index contributed by atoms with van der Waals surface area (Å²) in [7, 11) is 0. The van der Waals surface area contributed by atoms with E-state index in [0.717, 1.165) is 0 Å². The van der Waals surface area contributed by atoms with Crippen molar-refractivity contribution in [1.82, 2.24) is 13.7 Å². The van der Waals surface area contributed by atoms with E-state index in [0.29, 0.717) is 0 Å². The zero-order chi connectivity index (χ0) is 19.1. The van der Waals surface area contributed by atoms with Gasteiger partial charge in [-0.05, 0) is 16.2 Å². The molecule has 0 spiro atoms. The molecule has 0 atom stereocenters. The van der Waals surface area contributed by atoms with Gasteiger partial charge in [-0.15, -0.1) is 0 Å². The maximum absolute atomic E-state index is 12.8. The van der Waals surface area contributed by atoms with Crippen LogP contribution in [0.1, 0.15) is 62.3 Å². The lowest BCUT2D eigenvalue weighted by Gasteiger charge is -2.25. The van der Waals surface area contributed by atoms with Gasteiger partial charge in [0.05, 0.1) is 0 Å². The lowest BCUT2D eigenvalue weighted by Crippen LogP contribution is -2.57. The molecule has 24 heavy (non-hydrogen) atoms. The van der Waals surface area contributed by atoms with Gasteiger partial charge in [-0.3, -0.25) is 0 Å². The van der Waals surface area contributed by atoms with Gasteiger partial charge in [0.2, 0.25) is 0 Å². The van der Waals surface area contributed by atoms with Crippen LogP contribution in [-0.2, 0) is 19.6 Å². The minimum Gasteiger partial charge on any atom is -0.247 e. The number of hydrogen-bond donors (Lipinski definition) is 0. The standard InChI is InChI=1S/C18H33N3O3/c1-16(2,3)10-19-13(22)20(11-17(4,5)6)15(24)21(14(19)23)12-18(7,8)9/h10-12H2,1-9H3. The number of nitrogens with zero attached hydrogens (tertiary/aromatic N) is 3. The Morgan fingerprint density at radius 2 is 0.667 bits per heavy atom. The molecule has 0 radical (unpaired) electrons. The van der Waals surface area contributed by atoms with Crippen molar-refractivity contribution in [2.24, 2.45) is 16.2 Å². The van der Waals surface area contributed by atoms with Crippen LogP contribution in [0.3, 0.4) is 0 Å². The van der Waals surface area contributed by atoms with Gasteiger partial charge in [-0.25, -0.2) is 28.1 Å². The number of aromatic nitrogens is 3. The van der Waals surface area contributed by atoms with Crippen LogP contribution in [0.2, 0.25) is 0 Å². The summed E-state index contributed by atoms with van der Waals surface area (Å²) in [5.74, 6) is 0.